The second-order valence-electron chi connectivity index (χ2n) is 5.27. The van der Waals surface area contributed by atoms with Crippen molar-refractivity contribution in [2.75, 3.05) is 11.9 Å². The van der Waals surface area contributed by atoms with Gasteiger partial charge in [0.25, 0.3) is 0 Å². The minimum atomic E-state index is -0.245. The lowest BCUT2D eigenvalue weighted by Gasteiger charge is -2.25. The van der Waals surface area contributed by atoms with Crippen molar-refractivity contribution >= 4 is 5.69 Å². The highest BCUT2D eigenvalue weighted by atomic mass is 19.1. The van der Waals surface area contributed by atoms with E-state index < -0.39 is 0 Å². The molecule has 2 nitrogen and oxygen atoms in total. The van der Waals surface area contributed by atoms with E-state index in [4.69, 9.17) is 5.73 Å². The fourth-order valence-corrected chi connectivity index (χ4v) is 2.37. The first-order chi connectivity index (χ1) is 9.49. The van der Waals surface area contributed by atoms with E-state index in [2.05, 4.69) is 24.0 Å². The molecule has 20 heavy (non-hydrogen) atoms. The number of halogens is 1. The van der Waals surface area contributed by atoms with Gasteiger partial charge in [0.15, 0.2) is 0 Å². The quantitative estimate of drug-likeness (QED) is 0.917. The lowest BCUT2D eigenvalue weighted by atomic mass is 10.0. The zero-order chi connectivity index (χ0) is 14.7. The second kappa shape index (κ2) is 6.06. The summed E-state index contributed by atoms with van der Waals surface area (Å²) in [5.74, 6) is -0.245. The molecule has 0 aliphatic rings. The molecule has 2 aromatic carbocycles. The molecular formula is C17H21FN2. The second-order valence-corrected chi connectivity index (χ2v) is 5.27. The van der Waals surface area contributed by atoms with Crippen molar-refractivity contribution in [2.24, 2.45) is 5.73 Å². The number of hydrogen-bond acceptors (Lipinski definition) is 2. The fraction of sp³-hybridized carbons (Fsp3) is 0.294. The summed E-state index contributed by atoms with van der Waals surface area (Å²) in [6, 6.07) is 12.9. The van der Waals surface area contributed by atoms with E-state index in [1.165, 1.54) is 23.3 Å². The molecule has 0 saturated heterocycles. The Morgan fingerprint density at radius 1 is 1.20 bits per heavy atom. The summed E-state index contributed by atoms with van der Waals surface area (Å²) in [6.45, 7) is 4.75. The lowest BCUT2D eigenvalue weighted by molar-refractivity contribution is 0.622. The molecule has 3 heteroatoms. The van der Waals surface area contributed by atoms with E-state index in [0.29, 0.717) is 0 Å². The minimum Gasteiger partial charge on any atom is -0.370 e. The van der Waals surface area contributed by atoms with Crippen LogP contribution >= 0.6 is 0 Å². The topological polar surface area (TPSA) is 29.3 Å². The highest BCUT2D eigenvalue weighted by molar-refractivity contribution is 5.55. The monoisotopic (exact) mass is 272 g/mol. The van der Waals surface area contributed by atoms with Gasteiger partial charge in [0.05, 0.1) is 0 Å². The molecule has 2 aromatic rings. The van der Waals surface area contributed by atoms with Gasteiger partial charge in [0.1, 0.15) is 5.82 Å². The Morgan fingerprint density at radius 3 is 2.55 bits per heavy atom. The predicted octanol–water partition coefficient (Wildman–Crippen LogP) is 3.79. The van der Waals surface area contributed by atoms with Crippen LogP contribution in [0.1, 0.15) is 29.7 Å². The van der Waals surface area contributed by atoms with Gasteiger partial charge in [-0.15, -0.1) is 0 Å². The van der Waals surface area contributed by atoms with Crippen LogP contribution < -0.4 is 10.6 Å². The Balaban J connectivity index is 2.30. The van der Waals surface area contributed by atoms with Crippen LogP contribution in [0.4, 0.5) is 10.1 Å². The molecule has 0 radical (unpaired) electrons. The summed E-state index contributed by atoms with van der Waals surface area (Å²) in [4.78, 5) is 2.11. The van der Waals surface area contributed by atoms with Gasteiger partial charge in [-0.1, -0.05) is 24.3 Å². The Morgan fingerprint density at radius 2 is 1.90 bits per heavy atom. The smallest absolute Gasteiger partial charge is 0.123 e. The highest BCUT2D eigenvalue weighted by Gasteiger charge is 2.12. The number of rotatable bonds is 4. The Labute approximate surface area is 120 Å². The van der Waals surface area contributed by atoms with Crippen molar-refractivity contribution in [1.82, 2.24) is 0 Å². The van der Waals surface area contributed by atoms with Crippen molar-refractivity contribution in [3.05, 3.63) is 65.0 Å². The summed E-state index contributed by atoms with van der Waals surface area (Å²) >= 11 is 0. The molecule has 0 aliphatic heterocycles. The molecule has 0 spiro atoms. The molecule has 0 fully saturated rings. The molecule has 1 atom stereocenters. The molecule has 106 valence electrons. The SMILES string of the molecule is Cc1ccccc1CN(C)c1ccc(F)cc1[C@@H](C)N. The minimum absolute atomic E-state index is 0.194. The van der Waals surface area contributed by atoms with Gasteiger partial charge in [0, 0.05) is 25.3 Å². The zero-order valence-corrected chi connectivity index (χ0v) is 12.2. The molecule has 0 amide bonds. The van der Waals surface area contributed by atoms with Crippen molar-refractivity contribution in [3.63, 3.8) is 0 Å². The lowest BCUT2D eigenvalue weighted by Crippen LogP contribution is -2.20. The third kappa shape index (κ3) is 3.17. The summed E-state index contributed by atoms with van der Waals surface area (Å²) in [6.07, 6.45) is 0. The van der Waals surface area contributed by atoms with Crippen LogP contribution in [0, 0.1) is 12.7 Å². The summed E-state index contributed by atoms with van der Waals surface area (Å²) in [5, 5.41) is 0. The Hall–Kier alpha value is -1.87. The third-order valence-corrected chi connectivity index (χ3v) is 3.56. The maximum atomic E-state index is 13.4. The fourth-order valence-electron chi connectivity index (χ4n) is 2.37. The molecule has 0 unspecified atom stereocenters. The predicted molar refractivity (Wildman–Crippen MR) is 82.3 cm³/mol. The number of anilines is 1. The van der Waals surface area contributed by atoms with E-state index in [9.17, 15) is 4.39 Å². The summed E-state index contributed by atoms with van der Waals surface area (Å²) < 4.78 is 13.4. The van der Waals surface area contributed by atoms with Crippen LogP contribution in [0.3, 0.4) is 0 Å². The zero-order valence-electron chi connectivity index (χ0n) is 12.2. The van der Waals surface area contributed by atoms with Crippen LogP contribution in [-0.2, 0) is 6.54 Å². The van der Waals surface area contributed by atoms with Crippen LogP contribution in [0.25, 0.3) is 0 Å². The molecule has 0 aliphatic carbocycles. The van der Waals surface area contributed by atoms with Gasteiger partial charge in [-0.05, 0) is 48.7 Å². The number of benzene rings is 2. The summed E-state index contributed by atoms with van der Waals surface area (Å²) in [5.41, 5.74) is 10.3. The van der Waals surface area contributed by atoms with Crippen molar-refractivity contribution in [1.29, 1.82) is 0 Å². The van der Waals surface area contributed by atoms with Crippen LogP contribution in [0.2, 0.25) is 0 Å². The van der Waals surface area contributed by atoms with E-state index in [1.54, 1.807) is 6.07 Å². The summed E-state index contributed by atoms with van der Waals surface area (Å²) in [7, 11) is 2.01. The normalized spacial score (nSPS) is 12.2. The van der Waals surface area contributed by atoms with Gasteiger partial charge in [-0.2, -0.15) is 0 Å². The molecule has 0 heterocycles. The van der Waals surface area contributed by atoms with Gasteiger partial charge in [0.2, 0.25) is 0 Å². The van der Waals surface area contributed by atoms with Gasteiger partial charge in [-0.25, -0.2) is 4.39 Å². The largest absolute Gasteiger partial charge is 0.370 e. The first-order valence-corrected chi connectivity index (χ1v) is 6.79. The molecule has 2 N–H and O–H groups in total. The van der Waals surface area contributed by atoms with Crippen molar-refractivity contribution in [2.45, 2.75) is 26.4 Å². The Kier molecular flexibility index (Phi) is 4.40. The molecule has 0 saturated carbocycles. The van der Waals surface area contributed by atoms with Gasteiger partial charge >= 0.3 is 0 Å². The first-order valence-electron chi connectivity index (χ1n) is 6.79. The number of nitrogens with zero attached hydrogens (tertiary/aromatic N) is 1. The first kappa shape index (κ1) is 14.5. The maximum Gasteiger partial charge on any atom is 0.123 e. The molecule has 0 bridgehead atoms. The van der Waals surface area contributed by atoms with Gasteiger partial charge in [-0.3, -0.25) is 0 Å². The number of aryl methyl sites for hydroxylation is 1. The van der Waals surface area contributed by atoms with Gasteiger partial charge < -0.3 is 10.6 Å². The molecule has 2 rings (SSSR count). The maximum absolute atomic E-state index is 13.4. The molecule has 0 aromatic heterocycles. The van der Waals surface area contributed by atoms with E-state index in [-0.39, 0.29) is 11.9 Å². The highest BCUT2D eigenvalue weighted by Crippen LogP contribution is 2.27. The molecular weight excluding hydrogens is 251 g/mol. The van der Waals surface area contributed by atoms with E-state index >= 15 is 0 Å². The van der Waals surface area contributed by atoms with Crippen LogP contribution in [-0.4, -0.2) is 7.05 Å². The Bertz CT molecular complexity index is 593. The number of hydrogen-bond donors (Lipinski definition) is 1. The van der Waals surface area contributed by atoms with E-state index in [0.717, 1.165) is 17.8 Å². The average molecular weight is 272 g/mol. The van der Waals surface area contributed by atoms with Crippen LogP contribution in [0.15, 0.2) is 42.5 Å². The van der Waals surface area contributed by atoms with E-state index in [1.807, 2.05) is 26.1 Å². The van der Waals surface area contributed by atoms with Crippen molar-refractivity contribution < 1.29 is 4.39 Å². The van der Waals surface area contributed by atoms with Crippen LogP contribution in [0.5, 0.6) is 0 Å². The van der Waals surface area contributed by atoms with Crippen molar-refractivity contribution in [3.8, 4) is 0 Å². The average Bonchev–Trinajstić information content (AvgIpc) is 2.41. The number of nitrogens with two attached hydrogens (primary N) is 1. The third-order valence-electron chi connectivity index (χ3n) is 3.56. The standard InChI is InChI=1S/C17H21FN2/c1-12-6-4-5-7-14(12)11-20(3)17-9-8-15(18)10-16(17)13(2)19/h4-10,13H,11,19H2,1-3H3/t13-/m1/s1.